The highest BCUT2D eigenvalue weighted by molar-refractivity contribution is 5.80. The number of H-pyrrole nitrogens is 1. The average molecular weight is 172 g/mol. The van der Waals surface area contributed by atoms with Crippen LogP contribution in [0.4, 0.5) is 0 Å². The molecule has 2 aromatic rings. The lowest BCUT2D eigenvalue weighted by atomic mass is 9.97. The highest BCUT2D eigenvalue weighted by Crippen LogP contribution is 2.25. The third kappa shape index (κ3) is 1.06. The van der Waals surface area contributed by atoms with Crippen LogP contribution < -0.4 is 5.32 Å². The van der Waals surface area contributed by atoms with Crippen LogP contribution in [0.25, 0.3) is 10.9 Å². The zero-order valence-corrected chi connectivity index (χ0v) is 7.38. The van der Waals surface area contributed by atoms with E-state index in [1.54, 1.807) is 0 Å². The van der Waals surface area contributed by atoms with Gasteiger partial charge in [-0.3, -0.25) is 0 Å². The van der Waals surface area contributed by atoms with Crippen molar-refractivity contribution in [2.24, 2.45) is 0 Å². The minimum atomic E-state index is 0.590. The molecule has 66 valence electrons. The lowest BCUT2D eigenvalue weighted by Crippen LogP contribution is -2.34. The van der Waals surface area contributed by atoms with Crippen LogP contribution in [0.2, 0.25) is 0 Å². The van der Waals surface area contributed by atoms with E-state index in [4.69, 9.17) is 0 Å². The zero-order valence-electron chi connectivity index (χ0n) is 7.38. The first-order chi connectivity index (χ1) is 6.43. The first-order valence-corrected chi connectivity index (χ1v) is 4.74. The van der Waals surface area contributed by atoms with E-state index in [2.05, 4.69) is 34.6 Å². The lowest BCUT2D eigenvalue weighted by molar-refractivity contribution is 0.383. The molecule has 0 amide bonds. The molecule has 2 nitrogen and oxygen atoms in total. The molecule has 13 heavy (non-hydrogen) atoms. The molecule has 2 heteroatoms. The van der Waals surface area contributed by atoms with Crippen LogP contribution in [0, 0.1) is 0 Å². The Morgan fingerprint density at radius 1 is 1.23 bits per heavy atom. The van der Waals surface area contributed by atoms with Gasteiger partial charge in [0.15, 0.2) is 0 Å². The fourth-order valence-electron chi connectivity index (χ4n) is 1.86. The molecule has 2 heterocycles. The topological polar surface area (TPSA) is 27.8 Å². The first-order valence-electron chi connectivity index (χ1n) is 4.74. The first kappa shape index (κ1) is 7.15. The molecular formula is C11H12N2. The van der Waals surface area contributed by atoms with Crippen LogP contribution in [0.5, 0.6) is 0 Å². The second-order valence-corrected chi connectivity index (χ2v) is 3.62. The van der Waals surface area contributed by atoms with Gasteiger partial charge in [-0.1, -0.05) is 12.1 Å². The third-order valence-corrected chi connectivity index (χ3v) is 2.81. The maximum Gasteiger partial charge on any atom is 0.0457 e. The van der Waals surface area contributed by atoms with Gasteiger partial charge in [0.2, 0.25) is 0 Å². The van der Waals surface area contributed by atoms with E-state index in [9.17, 15) is 0 Å². The van der Waals surface area contributed by atoms with E-state index < -0.39 is 0 Å². The molecule has 0 saturated carbocycles. The largest absolute Gasteiger partial charge is 0.361 e. The summed E-state index contributed by atoms with van der Waals surface area (Å²) in [6, 6.07) is 9.33. The molecule has 2 N–H and O–H groups in total. The van der Waals surface area contributed by atoms with Crippen LogP contribution in [0.15, 0.2) is 30.5 Å². The van der Waals surface area contributed by atoms with Crippen molar-refractivity contribution in [3.63, 3.8) is 0 Å². The summed E-state index contributed by atoms with van der Waals surface area (Å²) in [7, 11) is 0. The molecule has 1 aliphatic rings. The Hall–Kier alpha value is -1.28. The van der Waals surface area contributed by atoms with Gasteiger partial charge in [-0.25, -0.2) is 0 Å². The molecule has 0 radical (unpaired) electrons. The van der Waals surface area contributed by atoms with Gasteiger partial charge in [0.25, 0.3) is 0 Å². The molecule has 1 atom stereocenters. The van der Waals surface area contributed by atoms with E-state index in [0.29, 0.717) is 6.04 Å². The van der Waals surface area contributed by atoms with Crippen molar-refractivity contribution in [1.82, 2.24) is 10.3 Å². The van der Waals surface area contributed by atoms with Crippen LogP contribution in [0.3, 0.4) is 0 Å². The summed E-state index contributed by atoms with van der Waals surface area (Å²) in [6.45, 7) is 1.16. The molecule has 1 aliphatic heterocycles. The molecule has 1 aromatic heterocycles. The molecule has 1 fully saturated rings. The second kappa shape index (κ2) is 2.60. The summed E-state index contributed by atoms with van der Waals surface area (Å²) in [4.78, 5) is 3.24. The van der Waals surface area contributed by atoms with Gasteiger partial charge in [0.1, 0.15) is 0 Å². The van der Waals surface area contributed by atoms with E-state index in [-0.39, 0.29) is 0 Å². The Labute approximate surface area is 77.0 Å². The van der Waals surface area contributed by atoms with Gasteiger partial charge in [0.05, 0.1) is 0 Å². The van der Waals surface area contributed by atoms with Crippen molar-refractivity contribution in [3.05, 3.63) is 36.0 Å². The number of nitrogens with one attached hydrogen (secondary N) is 2. The standard InChI is InChI=1S/C11H12N2/c1-2-9(10-4-6-12-10)7-11-8(1)3-5-13-11/h1-3,5,7,10,12-13H,4,6H2/t10-/m0/s1. The Morgan fingerprint density at radius 2 is 2.15 bits per heavy atom. The maximum atomic E-state index is 3.40. The molecular weight excluding hydrogens is 160 g/mol. The molecule has 0 bridgehead atoms. The lowest BCUT2D eigenvalue weighted by Gasteiger charge is -2.27. The molecule has 0 aliphatic carbocycles. The van der Waals surface area contributed by atoms with Gasteiger partial charge in [0, 0.05) is 17.8 Å². The van der Waals surface area contributed by atoms with Gasteiger partial charge < -0.3 is 10.3 Å². The molecule has 1 aromatic carbocycles. The number of fused-ring (bicyclic) bond motifs is 1. The number of aromatic nitrogens is 1. The van der Waals surface area contributed by atoms with Gasteiger partial charge >= 0.3 is 0 Å². The van der Waals surface area contributed by atoms with Crippen LogP contribution >= 0.6 is 0 Å². The normalized spacial score (nSPS) is 21.7. The Bertz CT molecular complexity index is 426. The van der Waals surface area contributed by atoms with Crippen molar-refractivity contribution in [1.29, 1.82) is 0 Å². The Morgan fingerprint density at radius 3 is 2.92 bits per heavy atom. The smallest absolute Gasteiger partial charge is 0.0457 e. The van der Waals surface area contributed by atoms with Crippen molar-refractivity contribution < 1.29 is 0 Å². The predicted octanol–water partition coefficient (Wildman–Crippen LogP) is 2.20. The summed E-state index contributed by atoms with van der Waals surface area (Å²) in [6.07, 6.45) is 3.26. The van der Waals surface area contributed by atoms with Crippen molar-refractivity contribution in [2.45, 2.75) is 12.5 Å². The summed E-state index contributed by atoms with van der Waals surface area (Å²) in [5.41, 5.74) is 2.65. The molecule has 1 saturated heterocycles. The number of aromatic amines is 1. The number of rotatable bonds is 1. The molecule has 3 rings (SSSR count). The summed E-state index contributed by atoms with van der Waals surface area (Å²) < 4.78 is 0. The minimum absolute atomic E-state index is 0.590. The summed E-state index contributed by atoms with van der Waals surface area (Å²) in [5, 5.41) is 4.70. The average Bonchev–Trinajstić information content (AvgIpc) is 2.47. The fraction of sp³-hybridized carbons (Fsp3) is 0.273. The minimum Gasteiger partial charge on any atom is -0.361 e. The fourth-order valence-corrected chi connectivity index (χ4v) is 1.86. The van der Waals surface area contributed by atoms with Gasteiger partial charge in [-0.05, 0) is 36.0 Å². The highest BCUT2D eigenvalue weighted by atomic mass is 15.0. The van der Waals surface area contributed by atoms with E-state index in [1.165, 1.54) is 22.9 Å². The quantitative estimate of drug-likeness (QED) is 0.678. The Kier molecular flexibility index (Phi) is 1.43. The van der Waals surface area contributed by atoms with Crippen LogP contribution in [0.1, 0.15) is 18.0 Å². The van der Waals surface area contributed by atoms with E-state index in [0.717, 1.165) is 6.54 Å². The van der Waals surface area contributed by atoms with Crippen molar-refractivity contribution in [3.8, 4) is 0 Å². The summed E-state index contributed by atoms with van der Waals surface area (Å²) in [5.74, 6) is 0. The highest BCUT2D eigenvalue weighted by Gasteiger charge is 2.18. The third-order valence-electron chi connectivity index (χ3n) is 2.81. The molecule has 0 unspecified atom stereocenters. The monoisotopic (exact) mass is 172 g/mol. The number of benzene rings is 1. The zero-order chi connectivity index (χ0) is 8.67. The second-order valence-electron chi connectivity index (χ2n) is 3.62. The summed E-state index contributed by atoms with van der Waals surface area (Å²) >= 11 is 0. The Balaban J connectivity index is 2.09. The van der Waals surface area contributed by atoms with Gasteiger partial charge in [-0.2, -0.15) is 0 Å². The van der Waals surface area contributed by atoms with Crippen LogP contribution in [-0.4, -0.2) is 11.5 Å². The van der Waals surface area contributed by atoms with E-state index in [1.807, 2.05) is 6.20 Å². The number of hydrogen-bond acceptors (Lipinski definition) is 1. The van der Waals surface area contributed by atoms with Crippen LogP contribution in [-0.2, 0) is 0 Å². The van der Waals surface area contributed by atoms with Crippen molar-refractivity contribution in [2.75, 3.05) is 6.54 Å². The predicted molar refractivity (Wildman–Crippen MR) is 53.7 cm³/mol. The van der Waals surface area contributed by atoms with Gasteiger partial charge in [-0.15, -0.1) is 0 Å². The van der Waals surface area contributed by atoms with E-state index >= 15 is 0 Å². The number of hydrogen-bond donors (Lipinski definition) is 2. The van der Waals surface area contributed by atoms with Crippen molar-refractivity contribution >= 4 is 10.9 Å². The maximum absolute atomic E-state index is 3.40. The molecule has 0 spiro atoms. The SMILES string of the molecule is c1cc2ccc([C@@H]3CCN3)cc2[nH]1.